The van der Waals surface area contributed by atoms with Crippen LogP contribution < -0.4 is 23.7 Å². The molecule has 1 N–H and O–H groups in total. The minimum Gasteiger partial charge on any atom is -0.493 e. The first kappa shape index (κ1) is 21.0. The van der Waals surface area contributed by atoms with Gasteiger partial charge in [-0.3, -0.25) is 0 Å². The Labute approximate surface area is 182 Å². The first-order valence-electron chi connectivity index (χ1n) is 9.31. The topological polar surface area (TPSA) is 101 Å². The van der Waals surface area contributed by atoms with E-state index in [9.17, 15) is 4.79 Å². The third kappa shape index (κ3) is 3.46. The van der Waals surface area contributed by atoms with Crippen LogP contribution in [0.4, 0.5) is 0 Å². The maximum absolute atomic E-state index is 12.5. The van der Waals surface area contributed by atoms with E-state index in [-0.39, 0.29) is 6.61 Å². The molecule has 164 valence electrons. The van der Waals surface area contributed by atoms with Crippen molar-refractivity contribution < 1.29 is 33.2 Å². The minimum atomic E-state index is -0.413. The number of methoxy groups -OCH3 is 5. The third-order valence-electron chi connectivity index (χ3n) is 5.05. The van der Waals surface area contributed by atoms with Crippen molar-refractivity contribution in [3.8, 4) is 28.7 Å². The molecule has 1 aromatic heterocycles. The summed E-state index contributed by atoms with van der Waals surface area (Å²) in [7, 11) is 7.73. The molecule has 3 aromatic rings. The van der Waals surface area contributed by atoms with E-state index in [0.29, 0.717) is 56.3 Å². The Morgan fingerprint density at radius 2 is 1.65 bits per heavy atom. The van der Waals surface area contributed by atoms with Crippen LogP contribution in [0.2, 0.25) is 0 Å². The molecule has 0 radical (unpaired) electrons. The van der Waals surface area contributed by atoms with Gasteiger partial charge in [0.25, 0.3) is 0 Å². The van der Waals surface area contributed by atoms with E-state index in [2.05, 4.69) is 9.97 Å². The van der Waals surface area contributed by atoms with Crippen LogP contribution in [0.5, 0.6) is 28.7 Å². The van der Waals surface area contributed by atoms with Gasteiger partial charge in [-0.15, -0.1) is 0 Å². The van der Waals surface area contributed by atoms with Crippen molar-refractivity contribution in [3.63, 3.8) is 0 Å². The zero-order chi connectivity index (χ0) is 22.1. The molecule has 0 unspecified atom stereocenters. The predicted octanol–water partition coefficient (Wildman–Crippen LogP) is 3.57. The van der Waals surface area contributed by atoms with Crippen molar-refractivity contribution in [2.45, 2.75) is 17.5 Å². The number of fused-ring (bicyclic) bond motifs is 2. The Morgan fingerprint density at radius 1 is 0.968 bits per heavy atom. The number of hydrogen-bond donors (Lipinski definition) is 1. The van der Waals surface area contributed by atoms with Gasteiger partial charge < -0.3 is 33.4 Å². The van der Waals surface area contributed by atoms with Crippen molar-refractivity contribution in [1.82, 2.24) is 9.97 Å². The number of thioether (sulfide) groups is 1. The summed E-state index contributed by atoms with van der Waals surface area (Å²) in [5.41, 5.74) is 3.31. The maximum atomic E-state index is 12.5. The lowest BCUT2D eigenvalue weighted by molar-refractivity contribution is 0.0533. The number of carbonyl (C=O) groups excluding carboxylic acids is 1. The molecule has 0 spiro atoms. The van der Waals surface area contributed by atoms with Crippen LogP contribution in [0.25, 0.3) is 11.0 Å². The summed E-state index contributed by atoms with van der Waals surface area (Å²) < 4.78 is 32.6. The second-order valence-electron chi connectivity index (χ2n) is 6.56. The molecule has 31 heavy (non-hydrogen) atoms. The van der Waals surface area contributed by atoms with Crippen molar-refractivity contribution in [1.29, 1.82) is 0 Å². The molecule has 0 aliphatic carbocycles. The fourth-order valence-corrected chi connectivity index (χ4v) is 4.56. The normalized spacial score (nSPS) is 12.5. The SMILES string of the molecule is COc1cc2nc(SCc3c(OC)c(OC)c(OC)c4c3C(=O)OC4)[nH]c2cc1OC. The molecule has 2 aromatic carbocycles. The minimum absolute atomic E-state index is 0.125. The van der Waals surface area contributed by atoms with Gasteiger partial charge in [-0.05, 0) is 0 Å². The molecule has 1 aliphatic heterocycles. The van der Waals surface area contributed by atoms with Crippen molar-refractivity contribution >= 4 is 28.8 Å². The van der Waals surface area contributed by atoms with Crippen LogP contribution in [0.3, 0.4) is 0 Å². The number of nitrogens with zero attached hydrogens (tertiary/aromatic N) is 1. The molecule has 0 bridgehead atoms. The summed E-state index contributed by atoms with van der Waals surface area (Å²) in [6, 6.07) is 3.64. The molecule has 4 rings (SSSR count). The van der Waals surface area contributed by atoms with Gasteiger partial charge in [0.2, 0.25) is 5.75 Å². The number of cyclic esters (lactones) is 1. The Balaban J connectivity index is 1.73. The van der Waals surface area contributed by atoms with Gasteiger partial charge in [0.1, 0.15) is 6.61 Å². The molecule has 0 fully saturated rings. The molecule has 1 aliphatic rings. The van der Waals surface area contributed by atoms with Crippen LogP contribution in [-0.2, 0) is 17.1 Å². The van der Waals surface area contributed by atoms with E-state index >= 15 is 0 Å². The maximum Gasteiger partial charge on any atom is 0.339 e. The number of hydrogen-bond acceptors (Lipinski definition) is 9. The molecule has 0 amide bonds. The summed E-state index contributed by atoms with van der Waals surface area (Å²) in [5.74, 6) is 2.49. The van der Waals surface area contributed by atoms with Crippen molar-refractivity contribution in [3.05, 3.63) is 28.8 Å². The molecule has 0 saturated heterocycles. The monoisotopic (exact) mass is 446 g/mol. The number of aromatic amines is 1. The Bertz CT molecular complexity index is 1120. The average molecular weight is 446 g/mol. The van der Waals surface area contributed by atoms with E-state index in [1.165, 1.54) is 33.1 Å². The smallest absolute Gasteiger partial charge is 0.339 e. The van der Waals surface area contributed by atoms with E-state index < -0.39 is 5.97 Å². The number of benzene rings is 2. The van der Waals surface area contributed by atoms with E-state index in [0.717, 1.165) is 11.0 Å². The standard InChI is InChI=1S/C21H22N2O7S/c1-25-14-6-12-13(7-15(14)26-2)23-21(22-12)31-9-11-16-10(8-30-20(16)24)17(27-3)19(29-5)18(11)28-4/h6-7H,8-9H2,1-5H3,(H,22,23). The fraction of sp³-hybridized carbons (Fsp3) is 0.333. The summed E-state index contributed by atoms with van der Waals surface area (Å²) >= 11 is 1.42. The Kier molecular flexibility index (Phi) is 5.73. The van der Waals surface area contributed by atoms with Crippen molar-refractivity contribution in [2.24, 2.45) is 0 Å². The van der Waals surface area contributed by atoms with Gasteiger partial charge in [0, 0.05) is 23.4 Å². The second kappa shape index (κ2) is 8.46. The molecule has 9 nitrogen and oxygen atoms in total. The van der Waals surface area contributed by atoms with Crippen LogP contribution in [0.15, 0.2) is 17.3 Å². The van der Waals surface area contributed by atoms with Crippen LogP contribution in [-0.4, -0.2) is 51.5 Å². The van der Waals surface area contributed by atoms with Crippen LogP contribution >= 0.6 is 11.8 Å². The van der Waals surface area contributed by atoms with E-state index in [1.807, 2.05) is 6.07 Å². The molecular weight excluding hydrogens is 424 g/mol. The van der Waals surface area contributed by atoms with E-state index in [4.69, 9.17) is 28.4 Å². The predicted molar refractivity (Wildman–Crippen MR) is 114 cm³/mol. The zero-order valence-corrected chi connectivity index (χ0v) is 18.6. The number of aromatic nitrogens is 2. The fourth-order valence-electron chi connectivity index (χ4n) is 3.66. The zero-order valence-electron chi connectivity index (χ0n) is 17.8. The highest BCUT2D eigenvalue weighted by atomic mass is 32.2. The van der Waals surface area contributed by atoms with E-state index in [1.54, 1.807) is 20.3 Å². The highest BCUT2D eigenvalue weighted by Gasteiger charge is 2.35. The highest BCUT2D eigenvalue weighted by Crippen LogP contribution is 2.49. The van der Waals surface area contributed by atoms with Gasteiger partial charge in [0.15, 0.2) is 28.2 Å². The average Bonchev–Trinajstić information content (AvgIpc) is 3.37. The molecule has 10 heteroatoms. The number of esters is 1. The Hall–Kier alpha value is -3.27. The van der Waals surface area contributed by atoms with Crippen molar-refractivity contribution in [2.75, 3.05) is 35.5 Å². The molecule has 0 atom stereocenters. The highest BCUT2D eigenvalue weighted by molar-refractivity contribution is 7.98. The summed E-state index contributed by atoms with van der Waals surface area (Å²) in [4.78, 5) is 20.4. The first-order chi connectivity index (χ1) is 15.1. The lowest BCUT2D eigenvalue weighted by Crippen LogP contribution is -2.06. The number of H-pyrrole nitrogens is 1. The molecule has 0 saturated carbocycles. The Morgan fingerprint density at radius 3 is 2.29 bits per heavy atom. The molecular formula is C21H22N2O7S. The second-order valence-corrected chi connectivity index (χ2v) is 7.53. The molecule has 2 heterocycles. The number of carbonyl (C=O) groups is 1. The largest absolute Gasteiger partial charge is 0.493 e. The number of rotatable bonds is 8. The van der Waals surface area contributed by atoms with Gasteiger partial charge >= 0.3 is 5.97 Å². The van der Waals surface area contributed by atoms with Gasteiger partial charge in [-0.25, -0.2) is 9.78 Å². The summed E-state index contributed by atoms with van der Waals surface area (Å²) in [6.07, 6.45) is 0. The lowest BCUT2D eigenvalue weighted by Gasteiger charge is -2.18. The van der Waals surface area contributed by atoms with Gasteiger partial charge in [-0.2, -0.15) is 0 Å². The quantitative estimate of drug-likeness (QED) is 0.411. The number of imidazole rings is 1. The lowest BCUT2D eigenvalue weighted by atomic mass is 10.0. The van der Waals surface area contributed by atoms with Gasteiger partial charge in [-0.1, -0.05) is 11.8 Å². The first-order valence-corrected chi connectivity index (χ1v) is 10.3. The van der Waals surface area contributed by atoms with Crippen LogP contribution in [0, 0.1) is 0 Å². The van der Waals surface area contributed by atoms with Crippen LogP contribution in [0.1, 0.15) is 21.5 Å². The van der Waals surface area contributed by atoms with Gasteiger partial charge in [0.05, 0.1) is 57.7 Å². The number of ether oxygens (including phenoxy) is 6. The summed E-state index contributed by atoms with van der Waals surface area (Å²) in [5, 5.41) is 0.669. The number of nitrogens with one attached hydrogen (secondary N) is 1. The summed E-state index contributed by atoms with van der Waals surface area (Å²) in [6.45, 7) is 0.125. The third-order valence-corrected chi connectivity index (χ3v) is 5.95.